The Morgan fingerprint density at radius 1 is 1.00 bits per heavy atom. The maximum atomic E-state index is 9.39. The molecule has 3 aliphatic rings. The van der Waals surface area contributed by atoms with Crippen LogP contribution in [-0.4, -0.2) is 37.0 Å². The van der Waals surface area contributed by atoms with Gasteiger partial charge >= 0.3 is 0 Å². The fourth-order valence-electron chi connectivity index (χ4n) is 3.01. The summed E-state index contributed by atoms with van der Waals surface area (Å²) >= 11 is 0. The Morgan fingerprint density at radius 3 is 2.57 bits per heavy atom. The second kappa shape index (κ2) is 3.45. The summed E-state index contributed by atoms with van der Waals surface area (Å²) in [6.45, 7) is 1.42. The zero-order chi connectivity index (χ0) is 9.54. The molecule has 2 saturated heterocycles. The third-order valence-electron chi connectivity index (χ3n) is 3.61. The van der Waals surface area contributed by atoms with E-state index in [0.29, 0.717) is 25.0 Å². The average molecular weight is 200 g/mol. The highest BCUT2D eigenvalue weighted by Crippen LogP contribution is 2.45. The van der Waals surface area contributed by atoms with E-state index in [1.54, 1.807) is 0 Å². The first-order chi connectivity index (χ1) is 6.84. The second-order valence-corrected chi connectivity index (χ2v) is 4.38. The van der Waals surface area contributed by atoms with Crippen LogP contribution in [0.15, 0.2) is 0 Å². The summed E-state index contributed by atoms with van der Waals surface area (Å²) in [6.07, 6.45) is 2.52. The highest BCUT2D eigenvalue weighted by Gasteiger charge is 2.48. The molecule has 0 radical (unpaired) electrons. The lowest BCUT2D eigenvalue weighted by Crippen LogP contribution is -2.26. The van der Waals surface area contributed by atoms with Crippen LogP contribution in [0.25, 0.3) is 0 Å². The van der Waals surface area contributed by atoms with Crippen molar-refractivity contribution < 1.29 is 19.3 Å². The number of aliphatic hydroxyl groups is 1. The molecule has 0 aromatic carbocycles. The van der Waals surface area contributed by atoms with Gasteiger partial charge in [-0.05, 0) is 18.8 Å². The second-order valence-electron chi connectivity index (χ2n) is 4.38. The smallest absolute Gasteiger partial charge is 0.160 e. The fourth-order valence-corrected chi connectivity index (χ4v) is 3.01. The molecule has 2 heterocycles. The molecular weight excluding hydrogens is 184 g/mol. The predicted molar refractivity (Wildman–Crippen MR) is 47.4 cm³/mol. The molecule has 14 heavy (non-hydrogen) atoms. The standard InChI is InChI=1S/C10H16O4/c11-9-5-7-6(1-2-8(7)14-9)10-12-3-4-13-10/h6-11H,1-5H2. The van der Waals surface area contributed by atoms with Crippen LogP contribution in [0.1, 0.15) is 19.3 Å². The molecular formula is C10H16O4. The predicted octanol–water partition coefficient (Wildman–Crippen LogP) is 0.493. The van der Waals surface area contributed by atoms with Crippen molar-refractivity contribution in [2.24, 2.45) is 11.8 Å². The molecule has 1 saturated carbocycles. The molecule has 3 rings (SSSR count). The van der Waals surface area contributed by atoms with Crippen molar-refractivity contribution >= 4 is 0 Å². The van der Waals surface area contributed by atoms with Crippen molar-refractivity contribution in [3.63, 3.8) is 0 Å². The topological polar surface area (TPSA) is 47.9 Å². The van der Waals surface area contributed by atoms with Crippen LogP contribution in [-0.2, 0) is 14.2 Å². The molecule has 0 amide bonds. The lowest BCUT2D eigenvalue weighted by molar-refractivity contribution is -0.0946. The van der Waals surface area contributed by atoms with Gasteiger partial charge in [0.05, 0.1) is 19.3 Å². The minimum atomic E-state index is -0.561. The summed E-state index contributed by atoms with van der Waals surface area (Å²) in [6, 6.07) is 0. The van der Waals surface area contributed by atoms with Crippen LogP contribution in [0.4, 0.5) is 0 Å². The maximum Gasteiger partial charge on any atom is 0.160 e. The molecule has 0 spiro atoms. The summed E-state index contributed by atoms with van der Waals surface area (Å²) in [5, 5.41) is 9.39. The van der Waals surface area contributed by atoms with Gasteiger partial charge in [-0.25, -0.2) is 0 Å². The van der Waals surface area contributed by atoms with Gasteiger partial charge in [0.1, 0.15) is 0 Å². The largest absolute Gasteiger partial charge is 0.368 e. The van der Waals surface area contributed by atoms with Gasteiger partial charge in [0.2, 0.25) is 0 Å². The normalized spacial score (nSPS) is 48.6. The van der Waals surface area contributed by atoms with E-state index >= 15 is 0 Å². The maximum absolute atomic E-state index is 9.39. The van der Waals surface area contributed by atoms with Crippen molar-refractivity contribution in [1.29, 1.82) is 0 Å². The Morgan fingerprint density at radius 2 is 1.79 bits per heavy atom. The molecule has 0 aromatic rings. The number of fused-ring (bicyclic) bond motifs is 1. The van der Waals surface area contributed by atoms with Gasteiger partial charge in [0.15, 0.2) is 12.6 Å². The van der Waals surface area contributed by atoms with Gasteiger partial charge in [0, 0.05) is 12.3 Å². The first-order valence-corrected chi connectivity index (χ1v) is 5.41. The van der Waals surface area contributed by atoms with Gasteiger partial charge in [-0.3, -0.25) is 0 Å². The molecule has 4 unspecified atom stereocenters. The SMILES string of the molecule is OC1CC2C(CCC2C2OCCO2)O1. The van der Waals surface area contributed by atoms with Gasteiger partial charge in [0.25, 0.3) is 0 Å². The molecule has 4 atom stereocenters. The first kappa shape index (κ1) is 9.09. The van der Waals surface area contributed by atoms with Gasteiger partial charge in [-0.1, -0.05) is 0 Å². The summed E-state index contributed by atoms with van der Waals surface area (Å²) in [5.41, 5.74) is 0. The molecule has 0 bridgehead atoms. The Hall–Kier alpha value is -0.160. The molecule has 80 valence electrons. The quantitative estimate of drug-likeness (QED) is 0.669. The van der Waals surface area contributed by atoms with Crippen LogP contribution < -0.4 is 0 Å². The van der Waals surface area contributed by atoms with E-state index in [0.717, 1.165) is 19.3 Å². The summed E-state index contributed by atoms with van der Waals surface area (Å²) in [5.74, 6) is 0.868. The molecule has 1 N–H and O–H groups in total. The number of ether oxygens (including phenoxy) is 3. The van der Waals surface area contributed by atoms with Crippen LogP contribution in [0.5, 0.6) is 0 Å². The highest BCUT2D eigenvalue weighted by atomic mass is 16.7. The first-order valence-electron chi connectivity index (χ1n) is 5.41. The van der Waals surface area contributed by atoms with E-state index in [2.05, 4.69) is 0 Å². The molecule has 3 fully saturated rings. The summed E-state index contributed by atoms with van der Waals surface area (Å²) in [7, 11) is 0. The Labute approximate surface area is 83.1 Å². The Bertz CT molecular complexity index is 214. The molecule has 4 heteroatoms. The number of rotatable bonds is 1. The Kier molecular flexibility index (Phi) is 2.24. The van der Waals surface area contributed by atoms with Crippen molar-refractivity contribution in [3.8, 4) is 0 Å². The highest BCUT2D eigenvalue weighted by molar-refractivity contribution is 4.92. The van der Waals surface area contributed by atoms with Gasteiger partial charge < -0.3 is 19.3 Å². The van der Waals surface area contributed by atoms with E-state index in [4.69, 9.17) is 14.2 Å². The lowest BCUT2D eigenvalue weighted by Gasteiger charge is -2.22. The zero-order valence-corrected chi connectivity index (χ0v) is 8.09. The van der Waals surface area contributed by atoms with Crippen LogP contribution in [0, 0.1) is 11.8 Å². The lowest BCUT2D eigenvalue weighted by atomic mass is 9.92. The average Bonchev–Trinajstić information content (AvgIpc) is 2.77. The third-order valence-corrected chi connectivity index (χ3v) is 3.61. The van der Waals surface area contributed by atoms with E-state index in [1.165, 1.54) is 0 Å². The van der Waals surface area contributed by atoms with Crippen molar-refractivity contribution in [2.45, 2.75) is 37.9 Å². The van der Waals surface area contributed by atoms with Crippen LogP contribution in [0.3, 0.4) is 0 Å². The molecule has 2 aliphatic heterocycles. The molecule has 1 aliphatic carbocycles. The van der Waals surface area contributed by atoms with Crippen molar-refractivity contribution in [2.75, 3.05) is 13.2 Å². The summed E-state index contributed by atoms with van der Waals surface area (Å²) < 4.78 is 16.5. The van der Waals surface area contributed by atoms with E-state index in [-0.39, 0.29) is 12.4 Å². The van der Waals surface area contributed by atoms with Crippen molar-refractivity contribution in [1.82, 2.24) is 0 Å². The van der Waals surface area contributed by atoms with Crippen molar-refractivity contribution in [3.05, 3.63) is 0 Å². The van der Waals surface area contributed by atoms with E-state index in [9.17, 15) is 5.11 Å². The summed E-state index contributed by atoms with van der Waals surface area (Å²) in [4.78, 5) is 0. The third kappa shape index (κ3) is 1.37. The number of hydrogen-bond acceptors (Lipinski definition) is 4. The molecule has 0 aromatic heterocycles. The minimum absolute atomic E-state index is 0.0427. The fraction of sp³-hybridized carbons (Fsp3) is 1.00. The Balaban J connectivity index is 1.69. The number of hydrogen-bond donors (Lipinski definition) is 1. The van der Waals surface area contributed by atoms with Crippen LogP contribution >= 0.6 is 0 Å². The monoisotopic (exact) mass is 200 g/mol. The number of aliphatic hydroxyl groups excluding tert-OH is 1. The van der Waals surface area contributed by atoms with Gasteiger partial charge in [-0.2, -0.15) is 0 Å². The van der Waals surface area contributed by atoms with Gasteiger partial charge in [-0.15, -0.1) is 0 Å². The zero-order valence-electron chi connectivity index (χ0n) is 8.09. The van der Waals surface area contributed by atoms with E-state index < -0.39 is 6.29 Å². The minimum Gasteiger partial charge on any atom is -0.368 e. The molecule has 4 nitrogen and oxygen atoms in total. The van der Waals surface area contributed by atoms with E-state index in [1.807, 2.05) is 0 Å². The van der Waals surface area contributed by atoms with Crippen LogP contribution in [0.2, 0.25) is 0 Å².